The lowest BCUT2D eigenvalue weighted by Gasteiger charge is -2.01. The summed E-state index contributed by atoms with van der Waals surface area (Å²) in [7, 11) is 1.95. The average molecular weight is 221 g/mol. The number of aliphatic imine (C=N–C) groups is 1. The summed E-state index contributed by atoms with van der Waals surface area (Å²) in [6.45, 7) is 0.324. The minimum atomic E-state index is 0.324. The van der Waals surface area contributed by atoms with Crippen LogP contribution in [0, 0.1) is 0 Å². The lowest BCUT2D eigenvalue weighted by molar-refractivity contribution is 0.563. The first-order valence-corrected chi connectivity index (χ1v) is 4.87. The van der Waals surface area contributed by atoms with Gasteiger partial charge in [-0.05, 0) is 23.8 Å². The van der Waals surface area contributed by atoms with Gasteiger partial charge >= 0.3 is 0 Å². The van der Waals surface area contributed by atoms with E-state index in [0.29, 0.717) is 11.6 Å². The van der Waals surface area contributed by atoms with Crippen LogP contribution in [0.3, 0.4) is 0 Å². The number of halogens is 1. The van der Waals surface area contributed by atoms with E-state index in [1.54, 1.807) is 0 Å². The monoisotopic (exact) mass is 220 g/mol. The molecule has 0 saturated carbocycles. The fourth-order valence-corrected chi connectivity index (χ4v) is 1.90. The van der Waals surface area contributed by atoms with E-state index in [1.165, 1.54) is 6.08 Å². The highest BCUT2D eigenvalue weighted by Crippen LogP contribution is 2.26. The van der Waals surface area contributed by atoms with Gasteiger partial charge in [0.15, 0.2) is 0 Å². The largest absolute Gasteiger partial charge is 0.350 e. The standard InChI is InChI=1S/C11H9ClN2O/c1-14-3-2-9-10(12)4-8(5-11(9)14)6-13-7-15/h2-5H,6H2,1H3. The molecule has 0 aliphatic carbocycles. The molecule has 2 rings (SSSR count). The molecule has 0 N–H and O–H groups in total. The first-order valence-electron chi connectivity index (χ1n) is 4.49. The van der Waals surface area contributed by atoms with Crippen molar-refractivity contribution in [3.05, 3.63) is 35.0 Å². The van der Waals surface area contributed by atoms with Crippen molar-refractivity contribution in [2.75, 3.05) is 0 Å². The van der Waals surface area contributed by atoms with Gasteiger partial charge in [0.1, 0.15) is 0 Å². The molecule has 1 aromatic carbocycles. The molecule has 15 heavy (non-hydrogen) atoms. The number of isocyanates is 1. The SMILES string of the molecule is Cn1ccc2c(Cl)cc(CN=C=O)cc21. The van der Waals surface area contributed by atoms with E-state index in [-0.39, 0.29) is 0 Å². The number of nitrogens with zero attached hydrogens (tertiary/aromatic N) is 2. The second-order valence-corrected chi connectivity index (χ2v) is 3.75. The van der Waals surface area contributed by atoms with E-state index in [4.69, 9.17) is 11.6 Å². The number of aryl methyl sites for hydroxylation is 1. The smallest absolute Gasteiger partial charge is 0.235 e. The van der Waals surface area contributed by atoms with Gasteiger partial charge in [-0.2, -0.15) is 0 Å². The molecule has 1 heterocycles. The number of rotatable bonds is 2. The van der Waals surface area contributed by atoms with Crippen LogP contribution >= 0.6 is 11.6 Å². The summed E-state index contributed by atoms with van der Waals surface area (Å²) in [6.07, 6.45) is 3.46. The number of fused-ring (bicyclic) bond motifs is 1. The van der Waals surface area contributed by atoms with Crippen molar-refractivity contribution >= 4 is 28.6 Å². The van der Waals surface area contributed by atoms with Crippen LogP contribution < -0.4 is 0 Å². The van der Waals surface area contributed by atoms with Gasteiger partial charge in [0.2, 0.25) is 6.08 Å². The summed E-state index contributed by atoms with van der Waals surface area (Å²) in [5, 5.41) is 1.70. The lowest BCUT2D eigenvalue weighted by Crippen LogP contribution is -1.87. The molecule has 3 nitrogen and oxygen atoms in total. The Morgan fingerprint density at radius 1 is 1.53 bits per heavy atom. The first-order chi connectivity index (χ1) is 7.22. The van der Waals surface area contributed by atoms with Crippen LogP contribution in [0.5, 0.6) is 0 Å². The zero-order valence-electron chi connectivity index (χ0n) is 8.20. The van der Waals surface area contributed by atoms with Crippen LogP contribution in [0.25, 0.3) is 10.9 Å². The Kier molecular flexibility index (Phi) is 2.58. The number of hydrogen-bond acceptors (Lipinski definition) is 2. The van der Waals surface area contributed by atoms with E-state index in [0.717, 1.165) is 16.5 Å². The van der Waals surface area contributed by atoms with E-state index in [2.05, 4.69) is 4.99 Å². The number of hydrogen-bond donors (Lipinski definition) is 0. The van der Waals surface area contributed by atoms with Gasteiger partial charge in [0.25, 0.3) is 0 Å². The number of benzene rings is 1. The predicted octanol–water partition coefficient (Wildman–Crippen LogP) is 2.67. The van der Waals surface area contributed by atoms with Crippen LogP contribution in [-0.4, -0.2) is 10.6 Å². The molecular weight excluding hydrogens is 212 g/mol. The molecule has 0 aliphatic rings. The Labute approximate surface area is 92.0 Å². The van der Waals surface area contributed by atoms with Gasteiger partial charge in [-0.3, -0.25) is 0 Å². The third-order valence-corrected chi connectivity index (χ3v) is 2.65. The van der Waals surface area contributed by atoms with Crippen LogP contribution in [0.15, 0.2) is 29.4 Å². The van der Waals surface area contributed by atoms with Gasteiger partial charge in [-0.15, -0.1) is 0 Å². The second kappa shape index (κ2) is 3.89. The highest BCUT2D eigenvalue weighted by atomic mass is 35.5. The van der Waals surface area contributed by atoms with Gasteiger partial charge in [-0.25, -0.2) is 9.79 Å². The Balaban J connectivity index is 2.59. The Morgan fingerprint density at radius 2 is 2.33 bits per heavy atom. The summed E-state index contributed by atoms with van der Waals surface area (Å²) in [4.78, 5) is 13.5. The third kappa shape index (κ3) is 1.80. The van der Waals surface area contributed by atoms with Gasteiger partial charge in [0, 0.05) is 24.1 Å². The van der Waals surface area contributed by atoms with Crippen LogP contribution in [0.1, 0.15) is 5.56 Å². The summed E-state index contributed by atoms with van der Waals surface area (Å²) >= 11 is 6.10. The topological polar surface area (TPSA) is 34.4 Å². The van der Waals surface area contributed by atoms with Gasteiger partial charge < -0.3 is 4.57 Å². The molecule has 0 atom stereocenters. The highest BCUT2D eigenvalue weighted by Gasteiger charge is 2.04. The fraction of sp³-hybridized carbons (Fsp3) is 0.182. The molecule has 0 unspecified atom stereocenters. The molecule has 0 bridgehead atoms. The molecule has 2 aromatic rings. The molecule has 0 aliphatic heterocycles. The van der Waals surface area contributed by atoms with Crippen molar-refractivity contribution in [2.45, 2.75) is 6.54 Å². The molecule has 0 fully saturated rings. The van der Waals surface area contributed by atoms with Crippen molar-refractivity contribution in [2.24, 2.45) is 12.0 Å². The molecule has 76 valence electrons. The highest BCUT2D eigenvalue weighted by molar-refractivity contribution is 6.35. The maximum Gasteiger partial charge on any atom is 0.235 e. The molecule has 0 saturated heterocycles. The summed E-state index contributed by atoms with van der Waals surface area (Å²) in [5.41, 5.74) is 1.95. The predicted molar refractivity (Wildman–Crippen MR) is 59.8 cm³/mol. The Morgan fingerprint density at radius 3 is 3.07 bits per heavy atom. The van der Waals surface area contributed by atoms with Crippen molar-refractivity contribution in [3.8, 4) is 0 Å². The molecule has 0 amide bonds. The van der Waals surface area contributed by atoms with E-state index >= 15 is 0 Å². The second-order valence-electron chi connectivity index (χ2n) is 3.34. The molecule has 4 heteroatoms. The minimum absolute atomic E-state index is 0.324. The normalized spacial score (nSPS) is 10.3. The van der Waals surface area contributed by atoms with Gasteiger partial charge in [-0.1, -0.05) is 11.6 Å². The quantitative estimate of drug-likeness (QED) is 0.566. The molecular formula is C11H9ClN2O. The maximum atomic E-state index is 10.0. The third-order valence-electron chi connectivity index (χ3n) is 2.34. The van der Waals surface area contributed by atoms with Gasteiger partial charge in [0.05, 0.1) is 11.6 Å². The summed E-state index contributed by atoms with van der Waals surface area (Å²) in [5.74, 6) is 0. The summed E-state index contributed by atoms with van der Waals surface area (Å²) in [6, 6.07) is 5.76. The zero-order valence-corrected chi connectivity index (χ0v) is 8.95. The lowest BCUT2D eigenvalue weighted by atomic mass is 10.1. The average Bonchev–Trinajstić information content (AvgIpc) is 2.58. The van der Waals surface area contributed by atoms with E-state index < -0.39 is 0 Å². The number of carbonyl (C=O) groups excluding carboxylic acids is 1. The minimum Gasteiger partial charge on any atom is -0.350 e. The summed E-state index contributed by atoms with van der Waals surface area (Å²) < 4.78 is 1.98. The zero-order chi connectivity index (χ0) is 10.8. The maximum absolute atomic E-state index is 10.0. The van der Waals surface area contributed by atoms with Crippen molar-refractivity contribution in [1.29, 1.82) is 0 Å². The van der Waals surface area contributed by atoms with Crippen LogP contribution in [-0.2, 0) is 18.4 Å². The van der Waals surface area contributed by atoms with E-state index in [1.807, 2.05) is 36.0 Å². The van der Waals surface area contributed by atoms with Crippen molar-refractivity contribution in [1.82, 2.24) is 4.57 Å². The van der Waals surface area contributed by atoms with Crippen molar-refractivity contribution < 1.29 is 4.79 Å². The molecule has 0 radical (unpaired) electrons. The molecule has 1 aromatic heterocycles. The first kappa shape index (κ1) is 9.97. The number of aromatic nitrogens is 1. The fourth-order valence-electron chi connectivity index (χ4n) is 1.60. The van der Waals surface area contributed by atoms with Crippen molar-refractivity contribution in [3.63, 3.8) is 0 Å². The van der Waals surface area contributed by atoms with Crippen LogP contribution in [0.4, 0.5) is 0 Å². The molecule has 0 spiro atoms. The Bertz CT molecular complexity index is 553. The van der Waals surface area contributed by atoms with E-state index in [9.17, 15) is 4.79 Å². The van der Waals surface area contributed by atoms with Crippen LogP contribution in [0.2, 0.25) is 5.02 Å². The Hall–Kier alpha value is -1.57.